The molecule has 3 heterocycles. The maximum Gasteiger partial charge on any atom is 0.290 e. The van der Waals surface area contributed by atoms with Crippen LogP contribution in [0.3, 0.4) is 0 Å². The van der Waals surface area contributed by atoms with Crippen molar-refractivity contribution in [1.29, 1.82) is 0 Å². The molecule has 0 spiro atoms. The van der Waals surface area contributed by atoms with Crippen molar-refractivity contribution in [2.24, 2.45) is 0 Å². The van der Waals surface area contributed by atoms with Crippen molar-refractivity contribution in [1.82, 2.24) is 14.7 Å². The molecular weight excluding hydrogens is 442 g/mol. The van der Waals surface area contributed by atoms with Crippen LogP contribution in [0.4, 0.5) is 14.7 Å². The zero-order chi connectivity index (χ0) is 22.8. The van der Waals surface area contributed by atoms with E-state index in [0.29, 0.717) is 41.2 Å². The Hall–Kier alpha value is -2.37. The number of nitrogens with one attached hydrogen (secondary N) is 1. The number of β-amino-alcohol motifs (C(OH)–C–C–N with tert-alkyl or cyclic N) is 1. The van der Waals surface area contributed by atoms with Crippen LogP contribution in [0.2, 0.25) is 0 Å². The number of aromatic nitrogens is 2. The van der Waals surface area contributed by atoms with E-state index in [0.717, 1.165) is 11.8 Å². The highest BCUT2D eigenvalue weighted by Crippen LogP contribution is 2.46. The molecule has 2 aliphatic heterocycles. The Kier molecular flexibility index (Phi) is 4.91. The first-order valence-electron chi connectivity index (χ1n) is 10.5. The Morgan fingerprint density at radius 1 is 1.31 bits per heavy atom. The Morgan fingerprint density at radius 2 is 2.09 bits per heavy atom. The summed E-state index contributed by atoms with van der Waals surface area (Å²) in [5, 5.41) is 9.88. The second kappa shape index (κ2) is 7.32. The fourth-order valence-electron chi connectivity index (χ4n) is 4.50. The highest BCUT2D eigenvalue weighted by atomic mass is 32.2. The van der Waals surface area contributed by atoms with Crippen molar-refractivity contribution in [3.8, 4) is 17.0 Å². The molecule has 1 aliphatic carbocycles. The first kappa shape index (κ1) is 21.5. The van der Waals surface area contributed by atoms with E-state index < -0.39 is 22.0 Å². The number of nitrogens with zero attached hydrogens (tertiary/aromatic N) is 3. The molecule has 8 nitrogen and oxygen atoms in total. The minimum atomic E-state index is -3.43. The van der Waals surface area contributed by atoms with E-state index in [1.807, 2.05) is 6.07 Å². The lowest BCUT2D eigenvalue weighted by Gasteiger charge is -2.43. The number of alkyl halides is 2. The molecule has 1 fully saturated rings. The standard InChI is InChI=1S/C21H24F2N4O4S/c1-11-16(28)10-27(11)20-25-17(15-3-5-21(22,23)19(15)26-20)13-7-12-4-6-31-18(12)14(8-13)9-24-32(2,29)30/h7-8,11,16,24,28H,3-6,9-10H2,1-2H3/t11-,16+/m0/s1. The van der Waals surface area contributed by atoms with Crippen LogP contribution in [0.5, 0.6) is 5.75 Å². The van der Waals surface area contributed by atoms with Crippen molar-refractivity contribution in [2.75, 3.05) is 24.3 Å². The summed E-state index contributed by atoms with van der Waals surface area (Å²) < 4.78 is 60.8. The second-order valence-electron chi connectivity index (χ2n) is 8.68. The van der Waals surface area contributed by atoms with Crippen LogP contribution < -0.4 is 14.4 Å². The van der Waals surface area contributed by atoms with E-state index in [4.69, 9.17) is 4.74 Å². The van der Waals surface area contributed by atoms with Gasteiger partial charge in [0.2, 0.25) is 16.0 Å². The average molecular weight is 467 g/mol. The first-order valence-corrected chi connectivity index (χ1v) is 12.4. The number of anilines is 1. The Morgan fingerprint density at radius 3 is 2.78 bits per heavy atom. The monoisotopic (exact) mass is 466 g/mol. The molecule has 2 aromatic rings. The molecule has 1 aromatic heterocycles. The van der Waals surface area contributed by atoms with Crippen LogP contribution in [0.1, 0.15) is 35.7 Å². The number of hydrogen-bond donors (Lipinski definition) is 2. The molecule has 11 heteroatoms. The van der Waals surface area contributed by atoms with Crippen molar-refractivity contribution >= 4 is 16.0 Å². The number of aliphatic hydroxyl groups is 1. The van der Waals surface area contributed by atoms with E-state index in [1.165, 1.54) is 0 Å². The third kappa shape index (κ3) is 3.61. The van der Waals surface area contributed by atoms with E-state index in [-0.39, 0.29) is 43.6 Å². The Bertz CT molecular complexity index is 1200. The van der Waals surface area contributed by atoms with Crippen LogP contribution in [-0.4, -0.2) is 55.0 Å². The predicted octanol–water partition coefficient (Wildman–Crippen LogP) is 1.74. The lowest BCUT2D eigenvalue weighted by atomic mass is 9.98. The normalized spacial score (nSPS) is 23.5. The summed E-state index contributed by atoms with van der Waals surface area (Å²) in [5.41, 5.74) is 2.72. The molecule has 0 radical (unpaired) electrons. The van der Waals surface area contributed by atoms with Gasteiger partial charge < -0.3 is 14.7 Å². The van der Waals surface area contributed by atoms with Gasteiger partial charge in [-0.1, -0.05) is 0 Å². The van der Waals surface area contributed by atoms with Gasteiger partial charge in [-0.05, 0) is 31.0 Å². The van der Waals surface area contributed by atoms with Gasteiger partial charge >= 0.3 is 0 Å². The molecule has 0 amide bonds. The van der Waals surface area contributed by atoms with E-state index in [9.17, 15) is 22.3 Å². The molecule has 0 saturated carbocycles. The van der Waals surface area contributed by atoms with E-state index in [2.05, 4.69) is 14.7 Å². The molecule has 3 aliphatic rings. The van der Waals surface area contributed by atoms with Crippen molar-refractivity contribution in [3.05, 3.63) is 34.5 Å². The fraction of sp³-hybridized carbons (Fsp3) is 0.524. The number of halogens is 2. The van der Waals surface area contributed by atoms with Gasteiger partial charge in [0.1, 0.15) is 11.4 Å². The number of sulfonamides is 1. The first-order chi connectivity index (χ1) is 15.0. The number of hydrogen-bond acceptors (Lipinski definition) is 7. The van der Waals surface area contributed by atoms with Crippen molar-refractivity contribution in [2.45, 2.75) is 50.8 Å². The van der Waals surface area contributed by atoms with E-state index >= 15 is 0 Å². The van der Waals surface area contributed by atoms with E-state index in [1.54, 1.807) is 17.9 Å². The second-order valence-corrected chi connectivity index (χ2v) is 10.5. The quantitative estimate of drug-likeness (QED) is 0.692. The highest BCUT2D eigenvalue weighted by Gasteiger charge is 2.45. The molecule has 32 heavy (non-hydrogen) atoms. The molecule has 5 rings (SSSR count). The molecule has 172 valence electrons. The van der Waals surface area contributed by atoms with Crippen LogP contribution in [0.15, 0.2) is 12.1 Å². The van der Waals surface area contributed by atoms with Gasteiger partial charge in [-0.15, -0.1) is 0 Å². The lowest BCUT2D eigenvalue weighted by Crippen LogP contribution is -2.59. The van der Waals surface area contributed by atoms with Gasteiger partial charge in [0.25, 0.3) is 5.92 Å². The van der Waals surface area contributed by atoms with Gasteiger partial charge in [0.05, 0.1) is 30.7 Å². The zero-order valence-electron chi connectivity index (χ0n) is 17.7. The third-order valence-electron chi connectivity index (χ3n) is 6.38. The van der Waals surface area contributed by atoms with Crippen molar-refractivity contribution < 1.29 is 27.0 Å². The van der Waals surface area contributed by atoms with Crippen LogP contribution in [0.25, 0.3) is 11.3 Å². The summed E-state index contributed by atoms with van der Waals surface area (Å²) >= 11 is 0. The molecule has 0 bridgehead atoms. The molecule has 1 saturated heterocycles. The molecule has 2 N–H and O–H groups in total. The van der Waals surface area contributed by atoms with Crippen LogP contribution in [0, 0.1) is 0 Å². The summed E-state index contributed by atoms with van der Waals surface area (Å²) in [6.45, 7) is 2.58. The zero-order valence-corrected chi connectivity index (χ0v) is 18.5. The topological polar surface area (TPSA) is 105 Å². The lowest BCUT2D eigenvalue weighted by molar-refractivity contribution is -0.00603. The van der Waals surface area contributed by atoms with Gasteiger partial charge in [-0.25, -0.2) is 23.1 Å². The highest BCUT2D eigenvalue weighted by molar-refractivity contribution is 7.88. The Labute approximate surface area is 184 Å². The minimum absolute atomic E-state index is 0.0284. The summed E-state index contributed by atoms with van der Waals surface area (Å²) in [4.78, 5) is 10.6. The molecular formula is C21H24F2N4O4S. The summed E-state index contributed by atoms with van der Waals surface area (Å²) in [6, 6.07) is 3.36. The summed E-state index contributed by atoms with van der Waals surface area (Å²) in [5.74, 6) is -2.25. The number of benzene rings is 1. The summed E-state index contributed by atoms with van der Waals surface area (Å²) in [7, 11) is -3.43. The largest absolute Gasteiger partial charge is 0.493 e. The number of fused-ring (bicyclic) bond motifs is 2. The van der Waals surface area contributed by atoms with Crippen LogP contribution in [-0.2, 0) is 35.3 Å². The number of aliphatic hydroxyl groups excluding tert-OH is 1. The number of rotatable bonds is 5. The molecule has 1 aromatic carbocycles. The minimum Gasteiger partial charge on any atom is -0.493 e. The smallest absolute Gasteiger partial charge is 0.290 e. The third-order valence-corrected chi connectivity index (χ3v) is 7.05. The van der Waals surface area contributed by atoms with Crippen molar-refractivity contribution in [3.63, 3.8) is 0 Å². The van der Waals surface area contributed by atoms with Gasteiger partial charge in [-0.2, -0.15) is 8.78 Å². The number of ether oxygens (including phenoxy) is 1. The Balaban J connectivity index is 1.64. The maximum absolute atomic E-state index is 14.7. The van der Waals surface area contributed by atoms with Gasteiger partial charge in [0.15, 0.2) is 0 Å². The van der Waals surface area contributed by atoms with Gasteiger partial charge in [0, 0.05) is 42.6 Å². The SMILES string of the molecule is C[C@H]1[C@H](O)CN1c1nc(-c2cc3c(c(CNS(C)(=O)=O)c2)OCC3)c2c(n1)C(F)(F)CC2. The summed E-state index contributed by atoms with van der Waals surface area (Å²) in [6.07, 6.45) is 0.983. The van der Waals surface area contributed by atoms with Crippen LogP contribution >= 0.6 is 0 Å². The average Bonchev–Trinajstić information content (AvgIpc) is 3.33. The van der Waals surface area contributed by atoms with Gasteiger partial charge in [-0.3, -0.25) is 0 Å². The molecule has 0 unspecified atom stereocenters. The maximum atomic E-state index is 14.7. The fourth-order valence-corrected chi connectivity index (χ4v) is 4.92. The predicted molar refractivity (Wildman–Crippen MR) is 113 cm³/mol. The molecule has 2 atom stereocenters.